The molecule has 0 fully saturated rings. The maximum atomic E-state index is 4.89. The summed E-state index contributed by atoms with van der Waals surface area (Å²) in [5.41, 5.74) is 4.53. The smallest absolute Gasteiger partial charge is 0.658 e. The number of aryl methyl sites for hydroxylation is 2. The van der Waals surface area contributed by atoms with Gasteiger partial charge in [-0.3, -0.25) is 0 Å². The van der Waals surface area contributed by atoms with E-state index in [1.165, 1.54) is 11.1 Å². The van der Waals surface area contributed by atoms with Crippen LogP contribution < -0.4 is 4.74 Å². The van der Waals surface area contributed by atoms with Crippen LogP contribution in [-0.2, 0) is 20.4 Å². The first kappa shape index (κ1) is 35.4. The maximum absolute atomic E-state index is 4.89. The van der Waals surface area contributed by atoms with Crippen LogP contribution in [0, 0.1) is 19.9 Å². The molecule has 0 saturated carbocycles. The van der Waals surface area contributed by atoms with Crippen molar-refractivity contribution in [3.63, 3.8) is 0 Å². The Bertz CT molecular complexity index is 919. The monoisotopic (exact) mass is 612 g/mol. The Kier molecular flexibility index (Phi) is 15.0. The van der Waals surface area contributed by atoms with Gasteiger partial charge in [-0.25, -0.2) is 0 Å². The van der Waals surface area contributed by atoms with Gasteiger partial charge < -0.3 is 10.1 Å². The van der Waals surface area contributed by atoms with Crippen LogP contribution >= 0.6 is 7.92 Å². The molecule has 0 aliphatic rings. The summed E-state index contributed by atoms with van der Waals surface area (Å²) in [6.45, 7) is 25.8. The molecule has 0 heterocycles. The summed E-state index contributed by atoms with van der Waals surface area (Å²) in [5.74, 6) is 0.878. The molecule has 0 radical (unpaired) electrons. The van der Waals surface area contributed by atoms with E-state index in [1.54, 1.807) is 7.11 Å². The topological polar surface area (TPSA) is 23.3 Å². The van der Waals surface area contributed by atoms with E-state index in [1.807, 2.05) is 48.5 Å². The van der Waals surface area contributed by atoms with Crippen LogP contribution in [0.2, 0.25) is 0 Å². The number of methoxy groups -OCH3 is 1. The molecule has 3 aromatic carbocycles. The summed E-state index contributed by atoms with van der Waals surface area (Å²) in [5, 5.41) is 5.99. The second-order valence-corrected chi connectivity index (χ2v) is 17.6. The Morgan fingerprint density at radius 3 is 1.14 bits per heavy atom. The van der Waals surface area contributed by atoms with Crippen LogP contribution in [0.4, 0.5) is 11.4 Å². The van der Waals surface area contributed by atoms with Crippen LogP contribution in [0.5, 0.6) is 5.75 Å². The molecule has 2 nitrogen and oxygen atoms in total. The molecule has 0 N–H and O–H groups in total. The van der Waals surface area contributed by atoms with E-state index < -0.39 is 7.92 Å². The van der Waals surface area contributed by atoms with E-state index in [4.69, 9.17) is 4.74 Å². The largest absolute Gasteiger partial charge is 2.00 e. The second-order valence-electron chi connectivity index (χ2n) is 12.3. The summed E-state index contributed by atoms with van der Waals surface area (Å²) in [7, 11) is 1.26. The third-order valence-electron chi connectivity index (χ3n) is 5.50. The Hall–Kier alpha value is -1.65. The minimum absolute atomic E-state index is 0. The molecule has 4 heteroatoms. The van der Waals surface area contributed by atoms with Crippen molar-refractivity contribution in [3.8, 4) is 5.75 Å². The van der Waals surface area contributed by atoms with Crippen molar-refractivity contribution >= 4 is 19.3 Å². The first-order valence-corrected chi connectivity index (χ1v) is 14.3. The first-order valence-electron chi connectivity index (χ1n) is 12.8. The van der Waals surface area contributed by atoms with Crippen LogP contribution in [-0.4, -0.2) is 22.6 Å². The number of hydrogen-bond acceptors (Lipinski definition) is 1. The third kappa shape index (κ3) is 14.2. The van der Waals surface area contributed by atoms with Crippen LogP contribution in [0.1, 0.15) is 73.4 Å². The molecular formula is C33H49NOPPd+. The molecule has 0 aromatic heterocycles. The standard InChI is InChI=1S/C14H14N.C12H27P.C7H7O.Pd/c1-11-3-7-13(8-4-11)15-14-9-5-12(2)6-10-14;1-10(2,3)13(11(4,5)6)12(7,8)9;1-8-7-5-3-2-4-6-7;/h3-10H,1-2H3;1-9H3;3-6H,1H3;/q-1;;-1;+2/p+1. The van der Waals surface area contributed by atoms with Crippen molar-refractivity contribution in [3.05, 3.63) is 95.3 Å². The molecule has 0 unspecified atom stereocenters. The van der Waals surface area contributed by atoms with Crippen molar-refractivity contribution in [2.24, 2.45) is 0 Å². The fourth-order valence-corrected chi connectivity index (χ4v) is 12.0. The molecule has 0 bridgehead atoms. The van der Waals surface area contributed by atoms with Gasteiger partial charge in [0.05, 0.1) is 22.6 Å². The Morgan fingerprint density at radius 2 is 0.919 bits per heavy atom. The fourth-order valence-electron chi connectivity index (χ4n) is 5.27. The van der Waals surface area contributed by atoms with Gasteiger partial charge in [-0.05, 0) is 76.2 Å². The fraction of sp³-hybridized carbons (Fsp3) is 0.455. The normalized spacial score (nSPS) is 11.3. The molecule has 3 aromatic rings. The first-order chi connectivity index (χ1) is 16.5. The van der Waals surface area contributed by atoms with Crippen molar-refractivity contribution in [1.82, 2.24) is 0 Å². The zero-order chi connectivity index (χ0) is 27.6. The average Bonchev–Trinajstić information content (AvgIpc) is 2.75. The molecule has 3 rings (SSSR count). The molecule has 0 saturated heterocycles. The molecular weight excluding hydrogens is 564 g/mol. The summed E-state index contributed by atoms with van der Waals surface area (Å²) in [4.78, 5) is 0. The van der Waals surface area contributed by atoms with Gasteiger partial charge in [-0.2, -0.15) is 18.2 Å². The molecule has 0 amide bonds. The van der Waals surface area contributed by atoms with Crippen LogP contribution in [0.25, 0.3) is 5.32 Å². The van der Waals surface area contributed by atoms with Gasteiger partial charge in [0.1, 0.15) is 0 Å². The van der Waals surface area contributed by atoms with Crippen LogP contribution in [0.15, 0.2) is 72.8 Å². The van der Waals surface area contributed by atoms with Gasteiger partial charge in [0.2, 0.25) is 0 Å². The minimum atomic E-state index is -0.391. The van der Waals surface area contributed by atoms with Gasteiger partial charge in [-0.15, -0.1) is 23.5 Å². The quantitative estimate of drug-likeness (QED) is 0.164. The minimum Gasteiger partial charge on any atom is -0.658 e. The molecule has 0 atom stereocenters. The molecule has 206 valence electrons. The Morgan fingerprint density at radius 1 is 0.595 bits per heavy atom. The van der Waals surface area contributed by atoms with Gasteiger partial charge in [0.25, 0.3) is 0 Å². The number of ether oxygens (including phenoxy) is 1. The maximum Gasteiger partial charge on any atom is 2.00 e. The van der Waals surface area contributed by atoms with E-state index in [0.717, 1.165) is 17.1 Å². The number of benzene rings is 3. The summed E-state index contributed by atoms with van der Waals surface area (Å²) in [6, 6.07) is 26.7. The Balaban J connectivity index is 0.000000541. The van der Waals surface area contributed by atoms with Crippen molar-refractivity contribution in [2.45, 2.75) is 91.6 Å². The van der Waals surface area contributed by atoms with E-state index in [9.17, 15) is 0 Å². The van der Waals surface area contributed by atoms with E-state index in [0.29, 0.717) is 15.5 Å². The van der Waals surface area contributed by atoms with Gasteiger partial charge in [-0.1, -0.05) is 59.7 Å². The summed E-state index contributed by atoms with van der Waals surface area (Å²) < 4.78 is 4.89. The zero-order valence-corrected chi connectivity index (χ0v) is 27.7. The summed E-state index contributed by atoms with van der Waals surface area (Å²) in [6.07, 6.45) is 0. The zero-order valence-electron chi connectivity index (χ0n) is 25.1. The number of hydrogen-bond donors (Lipinski definition) is 0. The average molecular weight is 613 g/mol. The van der Waals surface area contributed by atoms with Gasteiger partial charge in [0, 0.05) is 13.7 Å². The molecule has 0 spiro atoms. The van der Waals surface area contributed by atoms with E-state index >= 15 is 0 Å². The Labute approximate surface area is 243 Å². The number of rotatable bonds is 3. The molecule has 0 aliphatic heterocycles. The number of nitrogens with zero attached hydrogens (tertiary/aromatic N) is 1. The molecule has 37 heavy (non-hydrogen) atoms. The molecule has 0 aliphatic carbocycles. The summed E-state index contributed by atoms with van der Waals surface area (Å²) >= 11 is 0. The van der Waals surface area contributed by atoms with E-state index in [-0.39, 0.29) is 20.4 Å². The SMILES string of the molecule is CC(C)(C)[PH+](C(C)(C)C)C(C)(C)C.COc1cc[c-]cc1.Cc1ccc([N-]c2ccc(C)cc2)cc1.[Pd+2]. The van der Waals surface area contributed by atoms with Crippen molar-refractivity contribution < 1.29 is 25.2 Å². The van der Waals surface area contributed by atoms with Crippen molar-refractivity contribution in [2.75, 3.05) is 7.11 Å². The predicted molar refractivity (Wildman–Crippen MR) is 164 cm³/mol. The predicted octanol–water partition coefficient (Wildman–Crippen LogP) is 10.7. The second kappa shape index (κ2) is 15.7. The van der Waals surface area contributed by atoms with E-state index in [2.05, 4.69) is 112 Å². The third-order valence-corrected chi connectivity index (χ3v) is 10.00. The van der Waals surface area contributed by atoms with Gasteiger partial charge >= 0.3 is 20.4 Å². The van der Waals surface area contributed by atoms with Crippen molar-refractivity contribution in [1.29, 1.82) is 0 Å². The van der Waals surface area contributed by atoms with Crippen LogP contribution in [0.3, 0.4) is 0 Å². The van der Waals surface area contributed by atoms with Gasteiger partial charge in [0.15, 0.2) is 0 Å².